The maximum absolute atomic E-state index is 12.8. The van der Waals surface area contributed by atoms with Crippen LogP contribution in [0.2, 0.25) is 0 Å². The van der Waals surface area contributed by atoms with Crippen LogP contribution in [0.4, 0.5) is 5.82 Å². The molecule has 2 aromatic rings. The molecular formula is C19H24N4O2. The molecular weight excluding hydrogens is 316 g/mol. The van der Waals surface area contributed by atoms with E-state index in [1.54, 1.807) is 0 Å². The van der Waals surface area contributed by atoms with E-state index in [4.69, 9.17) is 4.74 Å². The Balaban J connectivity index is 1.67. The molecule has 0 spiro atoms. The minimum atomic E-state index is 0.0541. The SMILES string of the molecule is CCOc1cccc(C(=O)N2CCCN(c3ccc(C)nn3)CC2)c1. The molecule has 1 aliphatic heterocycles. The Morgan fingerprint density at radius 1 is 1.12 bits per heavy atom. The van der Waals surface area contributed by atoms with Gasteiger partial charge in [0.05, 0.1) is 12.3 Å². The van der Waals surface area contributed by atoms with Crippen molar-refractivity contribution in [1.82, 2.24) is 15.1 Å². The van der Waals surface area contributed by atoms with E-state index < -0.39 is 0 Å². The quantitative estimate of drug-likeness (QED) is 0.856. The molecule has 1 saturated heterocycles. The molecule has 132 valence electrons. The normalized spacial score (nSPS) is 15.0. The Morgan fingerprint density at radius 3 is 2.76 bits per heavy atom. The van der Waals surface area contributed by atoms with Crippen LogP contribution in [0.5, 0.6) is 5.75 Å². The van der Waals surface area contributed by atoms with Gasteiger partial charge in [-0.25, -0.2) is 0 Å². The van der Waals surface area contributed by atoms with Gasteiger partial charge in [0, 0.05) is 31.7 Å². The molecule has 0 bridgehead atoms. The first-order valence-electron chi connectivity index (χ1n) is 8.75. The highest BCUT2D eigenvalue weighted by Gasteiger charge is 2.21. The highest BCUT2D eigenvalue weighted by Crippen LogP contribution is 2.17. The van der Waals surface area contributed by atoms with Crippen molar-refractivity contribution in [2.24, 2.45) is 0 Å². The first-order valence-corrected chi connectivity index (χ1v) is 8.75. The minimum absolute atomic E-state index is 0.0541. The molecule has 1 aliphatic rings. The van der Waals surface area contributed by atoms with Crippen molar-refractivity contribution < 1.29 is 9.53 Å². The smallest absolute Gasteiger partial charge is 0.254 e. The predicted molar refractivity (Wildman–Crippen MR) is 97.1 cm³/mol. The van der Waals surface area contributed by atoms with Crippen LogP contribution in [0.25, 0.3) is 0 Å². The maximum atomic E-state index is 12.8. The third kappa shape index (κ3) is 4.26. The first-order chi connectivity index (χ1) is 12.2. The summed E-state index contributed by atoms with van der Waals surface area (Å²) in [6.45, 7) is 7.51. The molecule has 1 aromatic carbocycles. The van der Waals surface area contributed by atoms with Gasteiger partial charge in [-0.2, -0.15) is 5.10 Å². The number of hydrogen-bond donors (Lipinski definition) is 0. The molecule has 25 heavy (non-hydrogen) atoms. The Labute approximate surface area is 148 Å². The molecule has 0 unspecified atom stereocenters. The summed E-state index contributed by atoms with van der Waals surface area (Å²) in [6.07, 6.45) is 0.909. The third-order valence-electron chi connectivity index (χ3n) is 4.28. The minimum Gasteiger partial charge on any atom is -0.494 e. The fraction of sp³-hybridized carbons (Fsp3) is 0.421. The van der Waals surface area contributed by atoms with Crippen LogP contribution in [0, 0.1) is 6.92 Å². The van der Waals surface area contributed by atoms with Crippen molar-refractivity contribution >= 4 is 11.7 Å². The summed E-state index contributed by atoms with van der Waals surface area (Å²) in [5.41, 5.74) is 1.58. The molecule has 1 fully saturated rings. The summed E-state index contributed by atoms with van der Waals surface area (Å²) in [4.78, 5) is 16.9. The number of aromatic nitrogens is 2. The number of amides is 1. The zero-order valence-electron chi connectivity index (χ0n) is 14.8. The van der Waals surface area contributed by atoms with E-state index in [2.05, 4.69) is 15.1 Å². The van der Waals surface area contributed by atoms with Gasteiger partial charge in [0.25, 0.3) is 5.91 Å². The molecule has 0 atom stereocenters. The van der Waals surface area contributed by atoms with Crippen molar-refractivity contribution in [3.05, 3.63) is 47.7 Å². The van der Waals surface area contributed by atoms with Crippen molar-refractivity contribution in [3.63, 3.8) is 0 Å². The van der Waals surface area contributed by atoms with E-state index in [-0.39, 0.29) is 5.91 Å². The zero-order valence-corrected chi connectivity index (χ0v) is 14.8. The molecule has 0 N–H and O–H groups in total. The molecule has 6 heteroatoms. The molecule has 1 aromatic heterocycles. The van der Waals surface area contributed by atoms with Gasteiger partial charge in [-0.15, -0.1) is 5.10 Å². The maximum Gasteiger partial charge on any atom is 0.254 e. The molecule has 2 heterocycles. The number of hydrogen-bond acceptors (Lipinski definition) is 5. The zero-order chi connectivity index (χ0) is 17.6. The van der Waals surface area contributed by atoms with Gasteiger partial charge in [0.1, 0.15) is 5.75 Å². The second-order valence-electron chi connectivity index (χ2n) is 6.13. The van der Waals surface area contributed by atoms with Gasteiger partial charge in [-0.05, 0) is 50.6 Å². The molecule has 1 amide bonds. The number of aryl methyl sites for hydroxylation is 1. The van der Waals surface area contributed by atoms with Gasteiger partial charge in [-0.3, -0.25) is 4.79 Å². The van der Waals surface area contributed by atoms with E-state index in [9.17, 15) is 4.79 Å². The van der Waals surface area contributed by atoms with E-state index in [0.29, 0.717) is 18.7 Å². The van der Waals surface area contributed by atoms with E-state index in [1.807, 2.05) is 55.1 Å². The van der Waals surface area contributed by atoms with Crippen molar-refractivity contribution in [2.45, 2.75) is 20.3 Å². The number of carbonyl (C=O) groups excluding carboxylic acids is 1. The van der Waals surface area contributed by atoms with Crippen LogP contribution in [-0.2, 0) is 0 Å². The molecule has 6 nitrogen and oxygen atoms in total. The monoisotopic (exact) mass is 340 g/mol. The average molecular weight is 340 g/mol. The summed E-state index contributed by atoms with van der Waals surface area (Å²) >= 11 is 0. The standard InChI is InChI=1S/C19H24N4O2/c1-3-25-17-7-4-6-16(14-17)19(24)23-11-5-10-22(12-13-23)18-9-8-15(2)20-21-18/h4,6-9,14H,3,5,10-13H2,1-2H3. The van der Waals surface area contributed by atoms with Crippen LogP contribution < -0.4 is 9.64 Å². The van der Waals surface area contributed by atoms with Crippen LogP contribution in [0.3, 0.4) is 0 Å². The number of carbonyl (C=O) groups is 1. The molecule has 3 rings (SSSR count). The number of rotatable bonds is 4. The topological polar surface area (TPSA) is 58.6 Å². The highest BCUT2D eigenvalue weighted by molar-refractivity contribution is 5.94. The van der Waals surface area contributed by atoms with Crippen LogP contribution >= 0.6 is 0 Å². The fourth-order valence-corrected chi connectivity index (χ4v) is 2.98. The second-order valence-corrected chi connectivity index (χ2v) is 6.13. The van der Waals surface area contributed by atoms with Gasteiger partial charge >= 0.3 is 0 Å². The lowest BCUT2D eigenvalue weighted by molar-refractivity contribution is 0.0766. The van der Waals surface area contributed by atoms with Crippen LogP contribution in [-0.4, -0.2) is 53.8 Å². The lowest BCUT2D eigenvalue weighted by Crippen LogP contribution is -2.35. The van der Waals surface area contributed by atoms with Crippen LogP contribution in [0.15, 0.2) is 36.4 Å². The molecule has 0 saturated carbocycles. The van der Waals surface area contributed by atoms with Gasteiger partial charge in [0.15, 0.2) is 5.82 Å². The van der Waals surface area contributed by atoms with E-state index >= 15 is 0 Å². The van der Waals surface area contributed by atoms with Gasteiger partial charge < -0.3 is 14.5 Å². The summed E-state index contributed by atoms with van der Waals surface area (Å²) in [5, 5.41) is 8.39. The Kier molecular flexibility index (Phi) is 5.48. The highest BCUT2D eigenvalue weighted by atomic mass is 16.5. The largest absolute Gasteiger partial charge is 0.494 e. The summed E-state index contributed by atoms with van der Waals surface area (Å²) in [7, 11) is 0. The lowest BCUT2D eigenvalue weighted by Gasteiger charge is -2.22. The number of ether oxygens (including phenoxy) is 1. The first kappa shape index (κ1) is 17.2. The Morgan fingerprint density at radius 2 is 2.00 bits per heavy atom. The summed E-state index contributed by atoms with van der Waals surface area (Å²) in [6, 6.07) is 11.4. The summed E-state index contributed by atoms with van der Waals surface area (Å²) in [5.74, 6) is 1.66. The van der Waals surface area contributed by atoms with Gasteiger partial charge in [-0.1, -0.05) is 6.07 Å². The van der Waals surface area contributed by atoms with E-state index in [0.717, 1.165) is 43.3 Å². The number of anilines is 1. The number of benzene rings is 1. The molecule has 0 radical (unpaired) electrons. The van der Waals surface area contributed by atoms with Crippen molar-refractivity contribution in [3.8, 4) is 5.75 Å². The lowest BCUT2D eigenvalue weighted by atomic mass is 10.2. The van der Waals surface area contributed by atoms with Crippen molar-refractivity contribution in [1.29, 1.82) is 0 Å². The fourth-order valence-electron chi connectivity index (χ4n) is 2.98. The van der Waals surface area contributed by atoms with E-state index in [1.165, 1.54) is 0 Å². The van der Waals surface area contributed by atoms with Crippen LogP contribution in [0.1, 0.15) is 29.4 Å². The van der Waals surface area contributed by atoms with Crippen molar-refractivity contribution in [2.75, 3.05) is 37.7 Å². The predicted octanol–water partition coefficient (Wildman–Crippen LogP) is 2.54. The Hall–Kier alpha value is -2.63. The average Bonchev–Trinajstić information content (AvgIpc) is 2.88. The Bertz CT molecular complexity index is 718. The third-order valence-corrected chi connectivity index (χ3v) is 4.28. The molecule has 0 aliphatic carbocycles. The van der Waals surface area contributed by atoms with Gasteiger partial charge in [0.2, 0.25) is 0 Å². The second kappa shape index (κ2) is 7.96. The number of nitrogens with zero attached hydrogens (tertiary/aromatic N) is 4. The summed E-state index contributed by atoms with van der Waals surface area (Å²) < 4.78 is 5.50.